The number of nitrogens with zero attached hydrogens (tertiary/aromatic N) is 1. The van der Waals surface area contributed by atoms with E-state index in [1.165, 1.54) is 6.07 Å². The molecule has 0 bridgehead atoms. The molecule has 0 saturated carbocycles. The van der Waals surface area contributed by atoms with Gasteiger partial charge in [-0.25, -0.2) is 4.39 Å². The predicted octanol–water partition coefficient (Wildman–Crippen LogP) is 1.18. The lowest BCUT2D eigenvalue weighted by Crippen LogP contribution is -2.27. The van der Waals surface area contributed by atoms with Crippen molar-refractivity contribution in [1.82, 2.24) is 4.90 Å². The van der Waals surface area contributed by atoms with Gasteiger partial charge in [0.15, 0.2) is 0 Å². The smallest absolute Gasteiger partial charge is 0.123 e. The van der Waals surface area contributed by atoms with E-state index < -0.39 is 0 Å². The second kappa shape index (κ2) is 3.67. The monoisotopic (exact) mass is 194 g/mol. The molecule has 1 fully saturated rings. The lowest BCUT2D eigenvalue weighted by molar-refractivity contribution is 0.407. The summed E-state index contributed by atoms with van der Waals surface area (Å²) in [5, 5.41) is 0. The molecule has 2 nitrogen and oxygen atoms in total. The summed E-state index contributed by atoms with van der Waals surface area (Å²) in [4.78, 5) is 2.18. The highest BCUT2D eigenvalue weighted by atomic mass is 19.1. The number of likely N-dealkylation sites (N-methyl/N-ethyl adjacent to an activating group) is 1. The van der Waals surface area contributed by atoms with Crippen LogP contribution in [-0.2, 0) is 0 Å². The average molecular weight is 194 g/mol. The quantitative estimate of drug-likeness (QED) is 0.727. The van der Waals surface area contributed by atoms with Gasteiger partial charge in [0, 0.05) is 25.0 Å². The highest BCUT2D eigenvalue weighted by Crippen LogP contribution is 2.25. The summed E-state index contributed by atoms with van der Waals surface area (Å²) in [5.74, 6) is 0.0972. The van der Waals surface area contributed by atoms with Crippen LogP contribution >= 0.6 is 0 Å². The summed E-state index contributed by atoms with van der Waals surface area (Å²) < 4.78 is 13.0. The van der Waals surface area contributed by atoms with Crippen molar-refractivity contribution in [1.29, 1.82) is 0 Å². The van der Waals surface area contributed by atoms with Crippen LogP contribution in [0.5, 0.6) is 0 Å². The van der Waals surface area contributed by atoms with E-state index in [1.807, 2.05) is 13.1 Å². The Morgan fingerprint density at radius 3 is 2.79 bits per heavy atom. The molecule has 1 aromatic carbocycles. The third-order valence-corrected chi connectivity index (χ3v) is 2.82. The Kier molecular flexibility index (Phi) is 2.52. The number of benzene rings is 1. The van der Waals surface area contributed by atoms with E-state index in [1.54, 1.807) is 12.1 Å². The van der Waals surface area contributed by atoms with Crippen LogP contribution in [0, 0.1) is 5.82 Å². The third kappa shape index (κ3) is 1.79. The zero-order valence-electron chi connectivity index (χ0n) is 8.28. The van der Waals surface area contributed by atoms with Crippen LogP contribution in [0.2, 0.25) is 0 Å². The number of hydrogen-bond acceptors (Lipinski definition) is 2. The van der Waals surface area contributed by atoms with Gasteiger partial charge in [0.2, 0.25) is 0 Å². The Balaban J connectivity index is 2.23. The Bertz CT molecular complexity index is 327. The van der Waals surface area contributed by atoms with E-state index in [0.717, 1.165) is 18.7 Å². The van der Waals surface area contributed by atoms with E-state index in [0.29, 0.717) is 0 Å². The topological polar surface area (TPSA) is 29.3 Å². The molecule has 2 rings (SSSR count). The van der Waals surface area contributed by atoms with Crippen LogP contribution in [-0.4, -0.2) is 31.1 Å². The number of hydrogen-bond donors (Lipinski definition) is 1. The van der Waals surface area contributed by atoms with Gasteiger partial charge in [-0.3, -0.25) is 0 Å². The minimum absolute atomic E-state index is 0.127. The van der Waals surface area contributed by atoms with Crippen molar-refractivity contribution in [3.05, 3.63) is 35.6 Å². The molecular weight excluding hydrogens is 179 g/mol. The van der Waals surface area contributed by atoms with E-state index >= 15 is 0 Å². The summed E-state index contributed by atoms with van der Waals surface area (Å²) in [6, 6.07) is 6.88. The predicted molar refractivity (Wildman–Crippen MR) is 54.6 cm³/mol. The van der Waals surface area contributed by atoms with Gasteiger partial charge >= 0.3 is 0 Å². The molecule has 0 aromatic heterocycles. The largest absolute Gasteiger partial charge is 0.326 e. The fourth-order valence-corrected chi connectivity index (χ4v) is 2.12. The summed E-state index contributed by atoms with van der Waals surface area (Å²) in [6.45, 7) is 1.81. The summed E-state index contributed by atoms with van der Waals surface area (Å²) in [6.07, 6.45) is 0. The maximum atomic E-state index is 13.0. The second-order valence-electron chi connectivity index (χ2n) is 4.05. The van der Waals surface area contributed by atoms with E-state index in [4.69, 9.17) is 5.73 Å². The minimum atomic E-state index is -0.177. The normalized spacial score (nSPS) is 28.2. The lowest BCUT2D eigenvalue weighted by Gasteiger charge is -2.14. The van der Waals surface area contributed by atoms with Crippen LogP contribution in [0.3, 0.4) is 0 Å². The molecule has 1 heterocycles. The van der Waals surface area contributed by atoms with E-state index in [-0.39, 0.29) is 17.8 Å². The standard InChI is InChI=1S/C11H15FN2/c1-14-6-10(11(13)7-14)8-3-2-4-9(12)5-8/h2-5,10-11H,6-7,13H2,1H3/t10-,11-/m0/s1. The Morgan fingerprint density at radius 2 is 2.21 bits per heavy atom. The molecule has 0 spiro atoms. The van der Waals surface area contributed by atoms with Gasteiger partial charge in [-0.2, -0.15) is 0 Å². The van der Waals surface area contributed by atoms with Crippen LogP contribution in [0.4, 0.5) is 4.39 Å². The molecule has 2 N–H and O–H groups in total. The van der Waals surface area contributed by atoms with E-state index in [9.17, 15) is 4.39 Å². The fraction of sp³-hybridized carbons (Fsp3) is 0.455. The van der Waals surface area contributed by atoms with Crippen LogP contribution in [0.15, 0.2) is 24.3 Å². The van der Waals surface area contributed by atoms with Gasteiger partial charge < -0.3 is 10.6 Å². The average Bonchev–Trinajstić information content (AvgIpc) is 2.45. The van der Waals surface area contributed by atoms with E-state index in [2.05, 4.69) is 4.90 Å². The Morgan fingerprint density at radius 1 is 1.43 bits per heavy atom. The van der Waals surface area contributed by atoms with Gasteiger partial charge in [0.25, 0.3) is 0 Å². The highest BCUT2D eigenvalue weighted by Gasteiger charge is 2.28. The van der Waals surface area contributed by atoms with Gasteiger partial charge in [0.1, 0.15) is 5.82 Å². The molecule has 0 amide bonds. The van der Waals surface area contributed by atoms with Crippen molar-refractivity contribution >= 4 is 0 Å². The first-order chi connectivity index (χ1) is 6.66. The molecule has 1 aliphatic heterocycles. The summed E-state index contributed by atoms with van der Waals surface area (Å²) in [7, 11) is 2.04. The van der Waals surface area contributed by atoms with Crippen LogP contribution in [0.1, 0.15) is 11.5 Å². The molecule has 0 radical (unpaired) electrons. The van der Waals surface area contributed by atoms with Crippen molar-refractivity contribution < 1.29 is 4.39 Å². The molecule has 3 heteroatoms. The van der Waals surface area contributed by atoms with Gasteiger partial charge in [-0.15, -0.1) is 0 Å². The number of rotatable bonds is 1. The Labute approximate surface area is 83.5 Å². The first-order valence-corrected chi connectivity index (χ1v) is 4.86. The highest BCUT2D eigenvalue weighted by molar-refractivity contribution is 5.24. The molecule has 1 aromatic rings. The molecule has 0 aliphatic carbocycles. The van der Waals surface area contributed by atoms with Crippen molar-refractivity contribution in [3.8, 4) is 0 Å². The zero-order chi connectivity index (χ0) is 10.1. The number of likely N-dealkylation sites (tertiary alicyclic amines) is 1. The minimum Gasteiger partial charge on any atom is -0.326 e. The van der Waals surface area contributed by atoms with Gasteiger partial charge in [-0.1, -0.05) is 12.1 Å². The first-order valence-electron chi connectivity index (χ1n) is 4.86. The lowest BCUT2D eigenvalue weighted by atomic mass is 9.95. The van der Waals surface area contributed by atoms with Gasteiger partial charge in [-0.05, 0) is 24.7 Å². The van der Waals surface area contributed by atoms with Crippen molar-refractivity contribution in [2.75, 3.05) is 20.1 Å². The molecule has 76 valence electrons. The number of nitrogens with two attached hydrogens (primary N) is 1. The maximum Gasteiger partial charge on any atom is 0.123 e. The zero-order valence-corrected chi connectivity index (χ0v) is 8.28. The maximum absolute atomic E-state index is 13.0. The summed E-state index contributed by atoms with van der Waals surface area (Å²) >= 11 is 0. The first kappa shape index (κ1) is 9.62. The SMILES string of the molecule is CN1C[C@H](N)[C@H](c2cccc(F)c2)C1. The van der Waals surface area contributed by atoms with Crippen LogP contribution in [0.25, 0.3) is 0 Å². The van der Waals surface area contributed by atoms with Crippen molar-refractivity contribution in [3.63, 3.8) is 0 Å². The second-order valence-corrected chi connectivity index (χ2v) is 4.05. The molecule has 1 saturated heterocycles. The molecule has 2 atom stereocenters. The fourth-order valence-electron chi connectivity index (χ4n) is 2.12. The van der Waals surface area contributed by atoms with Crippen molar-refractivity contribution in [2.45, 2.75) is 12.0 Å². The van der Waals surface area contributed by atoms with Crippen molar-refractivity contribution in [2.24, 2.45) is 5.73 Å². The van der Waals surface area contributed by atoms with Gasteiger partial charge in [0.05, 0.1) is 0 Å². The van der Waals surface area contributed by atoms with Crippen LogP contribution < -0.4 is 5.73 Å². The molecule has 1 aliphatic rings. The summed E-state index contributed by atoms with van der Waals surface area (Å²) in [5.41, 5.74) is 7.00. The Hall–Kier alpha value is -0.930. The number of halogens is 1. The molecule has 14 heavy (non-hydrogen) atoms. The molecule has 0 unspecified atom stereocenters. The molecular formula is C11H15FN2. The third-order valence-electron chi connectivity index (χ3n) is 2.82.